The van der Waals surface area contributed by atoms with E-state index in [0.717, 1.165) is 6.42 Å². The molecule has 0 saturated carbocycles. The molecular formula is C12H15N2NaO3. The van der Waals surface area contributed by atoms with Crippen LogP contribution in [0.5, 0.6) is 0 Å². The van der Waals surface area contributed by atoms with Crippen LogP contribution in [0.15, 0.2) is 29.8 Å². The van der Waals surface area contributed by atoms with Gasteiger partial charge in [-0.2, -0.15) is 0 Å². The van der Waals surface area contributed by atoms with Crippen molar-refractivity contribution in [2.45, 2.75) is 26.2 Å². The van der Waals surface area contributed by atoms with Crippen molar-refractivity contribution >= 4 is 17.8 Å². The van der Waals surface area contributed by atoms with Gasteiger partial charge in [-0.25, -0.2) is 9.79 Å². The van der Waals surface area contributed by atoms with Gasteiger partial charge in [0.05, 0.1) is 5.41 Å². The van der Waals surface area contributed by atoms with Crippen LogP contribution < -0.4 is 40.0 Å². The second-order valence-corrected chi connectivity index (χ2v) is 3.83. The van der Waals surface area contributed by atoms with Crippen molar-refractivity contribution in [1.29, 1.82) is 0 Å². The van der Waals surface area contributed by atoms with Gasteiger partial charge in [-0.3, -0.25) is 10.1 Å². The molecule has 0 bridgehead atoms. The van der Waals surface area contributed by atoms with Gasteiger partial charge in [0.2, 0.25) is 5.91 Å². The smallest absolute Gasteiger partial charge is 0.861 e. The molecule has 0 radical (unpaired) electrons. The van der Waals surface area contributed by atoms with E-state index in [-0.39, 0.29) is 42.4 Å². The summed E-state index contributed by atoms with van der Waals surface area (Å²) in [6.07, 6.45) is 6.32. The van der Waals surface area contributed by atoms with Crippen LogP contribution in [-0.4, -0.2) is 17.8 Å². The first-order valence-corrected chi connectivity index (χ1v) is 5.44. The fourth-order valence-electron chi connectivity index (χ4n) is 1.68. The Balaban J connectivity index is 0.00000289. The molecule has 3 amide bonds. The van der Waals surface area contributed by atoms with E-state index in [4.69, 9.17) is 0 Å². The zero-order valence-electron chi connectivity index (χ0n) is 10.7. The summed E-state index contributed by atoms with van der Waals surface area (Å²) in [6.45, 7) is 5.48. The number of nitrogens with zero attached hydrogens (tertiary/aromatic N) is 1. The minimum Gasteiger partial charge on any atom is -0.861 e. The predicted molar refractivity (Wildman–Crippen MR) is 62.3 cm³/mol. The van der Waals surface area contributed by atoms with Crippen LogP contribution in [0.1, 0.15) is 26.2 Å². The first-order chi connectivity index (χ1) is 8.06. The minimum absolute atomic E-state index is 0. The number of amides is 3. The molecule has 18 heavy (non-hydrogen) atoms. The third-order valence-electron chi connectivity index (χ3n) is 2.63. The second-order valence-electron chi connectivity index (χ2n) is 3.83. The van der Waals surface area contributed by atoms with Crippen molar-refractivity contribution < 1.29 is 44.3 Å². The molecule has 1 unspecified atom stereocenters. The molecule has 1 atom stereocenters. The van der Waals surface area contributed by atoms with Crippen LogP contribution in [-0.2, 0) is 4.79 Å². The fourth-order valence-corrected chi connectivity index (χ4v) is 1.68. The van der Waals surface area contributed by atoms with Crippen LogP contribution in [0, 0.1) is 5.41 Å². The largest absolute Gasteiger partial charge is 1.00 e. The molecule has 1 aliphatic heterocycles. The van der Waals surface area contributed by atoms with E-state index in [2.05, 4.69) is 16.9 Å². The summed E-state index contributed by atoms with van der Waals surface area (Å²) in [5.41, 5.74) is -1.30. The molecular weight excluding hydrogens is 243 g/mol. The van der Waals surface area contributed by atoms with Gasteiger partial charge in [0.1, 0.15) is 0 Å². The molecule has 0 spiro atoms. The van der Waals surface area contributed by atoms with Gasteiger partial charge in [0.25, 0.3) is 0 Å². The molecule has 1 aliphatic rings. The number of nitrogens with one attached hydrogen (secondary N) is 1. The summed E-state index contributed by atoms with van der Waals surface area (Å²) >= 11 is 0. The Bertz CT molecular complexity index is 404. The summed E-state index contributed by atoms with van der Waals surface area (Å²) < 4.78 is 0. The second kappa shape index (κ2) is 7.51. The van der Waals surface area contributed by atoms with Gasteiger partial charge in [-0.05, 0) is 25.2 Å². The quantitative estimate of drug-likeness (QED) is 0.454. The molecule has 6 heteroatoms. The first kappa shape index (κ1) is 17.1. The Kier molecular flexibility index (Phi) is 7.13. The van der Waals surface area contributed by atoms with Gasteiger partial charge >= 0.3 is 35.6 Å². The Morgan fingerprint density at radius 1 is 1.39 bits per heavy atom. The third-order valence-corrected chi connectivity index (χ3v) is 2.63. The van der Waals surface area contributed by atoms with Gasteiger partial charge in [0.15, 0.2) is 0 Å². The monoisotopic (exact) mass is 258 g/mol. The molecule has 0 aliphatic carbocycles. The van der Waals surface area contributed by atoms with E-state index in [1.54, 1.807) is 6.08 Å². The maximum atomic E-state index is 11.8. The Hall–Kier alpha value is -0.910. The molecule has 0 saturated heterocycles. The predicted octanol–water partition coefficient (Wildman–Crippen LogP) is -2.08. The average Bonchev–Trinajstić information content (AvgIpc) is 2.25. The summed E-state index contributed by atoms with van der Waals surface area (Å²) in [7, 11) is 0. The van der Waals surface area contributed by atoms with Crippen LogP contribution in [0.3, 0.4) is 0 Å². The van der Waals surface area contributed by atoms with Crippen molar-refractivity contribution in [2.24, 2.45) is 10.4 Å². The van der Waals surface area contributed by atoms with Gasteiger partial charge < -0.3 is 5.11 Å². The molecule has 1 heterocycles. The summed E-state index contributed by atoms with van der Waals surface area (Å²) in [5, 5.41) is 13.9. The molecule has 0 aromatic rings. The number of imide groups is 1. The van der Waals surface area contributed by atoms with E-state index >= 15 is 0 Å². The van der Waals surface area contributed by atoms with Crippen molar-refractivity contribution in [3.05, 3.63) is 24.8 Å². The summed E-state index contributed by atoms with van der Waals surface area (Å²) in [5.74, 6) is -1.28. The minimum atomic E-state index is -1.30. The Labute approximate surface area is 128 Å². The maximum absolute atomic E-state index is 11.8. The standard InChI is InChI=1S/C12H16N2O3.Na/c1-3-5-6-8-12(7-4-2)9(15)13-11(17)14-10(12)16;/h4-6H,2-3,7-8H2,1H3,(H2,13,14,15,16,17);/q;+1/p-1/b6-5+;. The van der Waals surface area contributed by atoms with E-state index in [0.29, 0.717) is 0 Å². The van der Waals surface area contributed by atoms with Gasteiger partial charge in [0, 0.05) is 0 Å². The van der Waals surface area contributed by atoms with Crippen molar-refractivity contribution in [3.63, 3.8) is 0 Å². The Morgan fingerprint density at radius 2 is 2.06 bits per heavy atom. The number of carbonyl (C=O) groups is 2. The molecule has 0 aromatic carbocycles. The third kappa shape index (κ3) is 3.54. The van der Waals surface area contributed by atoms with E-state index in [9.17, 15) is 14.7 Å². The van der Waals surface area contributed by atoms with Crippen LogP contribution in [0.25, 0.3) is 0 Å². The zero-order valence-corrected chi connectivity index (χ0v) is 12.7. The first-order valence-electron chi connectivity index (χ1n) is 5.44. The number of hydrogen-bond acceptors (Lipinski definition) is 3. The van der Waals surface area contributed by atoms with Gasteiger partial charge in [-0.1, -0.05) is 25.2 Å². The van der Waals surface area contributed by atoms with E-state index in [1.807, 2.05) is 13.0 Å². The topological polar surface area (TPSA) is 81.6 Å². The van der Waals surface area contributed by atoms with Crippen molar-refractivity contribution in [1.82, 2.24) is 5.32 Å². The van der Waals surface area contributed by atoms with Crippen molar-refractivity contribution in [2.75, 3.05) is 0 Å². The molecule has 1 N–H and O–H groups in total. The Morgan fingerprint density at radius 3 is 2.56 bits per heavy atom. The zero-order chi connectivity index (χ0) is 12.9. The van der Waals surface area contributed by atoms with Crippen LogP contribution in [0.4, 0.5) is 4.79 Å². The number of carbonyl (C=O) groups excluding carboxylic acids is 2. The number of hydrogen-bond donors (Lipinski definition) is 1. The molecule has 1 rings (SSSR count). The van der Waals surface area contributed by atoms with E-state index in [1.165, 1.54) is 6.08 Å². The fraction of sp³-hybridized carbons (Fsp3) is 0.417. The average molecular weight is 258 g/mol. The SMILES string of the molecule is C=CCC1(C/C=C/CC)C(=O)NC(=O)N=C1[O-].[Na+]. The molecule has 0 aromatic heterocycles. The number of aliphatic imine (C=N–C) groups is 1. The van der Waals surface area contributed by atoms with Gasteiger partial charge in [-0.15, -0.1) is 6.58 Å². The number of rotatable bonds is 5. The van der Waals surface area contributed by atoms with Crippen molar-refractivity contribution in [3.8, 4) is 0 Å². The summed E-state index contributed by atoms with van der Waals surface area (Å²) in [6, 6.07) is -0.890. The summed E-state index contributed by atoms with van der Waals surface area (Å²) in [4.78, 5) is 26.1. The molecule has 5 nitrogen and oxygen atoms in total. The van der Waals surface area contributed by atoms with E-state index < -0.39 is 23.3 Å². The molecule has 92 valence electrons. The molecule has 0 fully saturated rings. The number of urea groups is 1. The van der Waals surface area contributed by atoms with Crippen LogP contribution in [0.2, 0.25) is 0 Å². The normalized spacial score (nSPS) is 23.3. The number of allylic oxidation sites excluding steroid dienone is 3. The maximum Gasteiger partial charge on any atom is 1.00 e. The van der Waals surface area contributed by atoms with Crippen LogP contribution >= 0.6 is 0 Å².